The number of hydrogen-bond donors (Lipinski definition) is 1. The quantitative estimate of drug-likeness (QED) is 0.647. The first-order valence-corrected chi connectivity index (χ1v) is 3.06. The summed E-state index contributed by atoms with van der Waals surface area (Å²) < 4.78 is 4.49. The molecule has 0 fully saturated rings. The zero-order chi connectivity index (χ0) is 8.27. The van der Waals surface area contributed by atoms with E-state index in [9.17, 15) is 4.79 Å². The molecule has 1 N–H and O–H groups in total. The molecule has 0 amide bonds. The number of carbonyl (C=O) groups is 1. The van der Waals surface area contributed by atoms with Crippen LogP contribution in [-0.2, 0) is 4.79 Å². The molecule has 0 saturated heterocycles. The largest absolute Gasteiger partial charge is 0.478 e. The fourth-order valence-electron chi connectivity index (χ4n) is 0.732. The van der Waals surface area contributed by atoms with Gasteiger partial charge < -0.3 is 9.63 Å². The molecule has 1 heterocycles. The number of nitrogens with zero attached hydrogens (tertiary/aromatic N) is 1. The third kappa shape index (κ3) is 1.46. The number of carboxylic acids is 1. The van der Waals surface area contributed by atoms with Gasteiger partial charge in [-0.2, -0.15) is 0 Å². The third-order valence-electron chi connectivity index (χ3n) is 1.23. The highest BCUT2D eigenvalue weighted by atomic mass is 16.5. The molecule has 0 bridgehead atoms. The zero-order valence-corrected chi connectivity index (χ0v) is 5.94. The molecule has 58 valence electrons. The SMILES string of the molecule is C/C=C(\C(=O)O)c1ccon1. The van der Waals surface area contributed by atoms with Crippen LogP contribution in [0.2, 0.25) is 0 Å². The van der Waals surface area contributed by atoms with Crippen LogP contribution in [0.25, 0.3) is 5.57 Å². The van der Waals surface area contributed by atoms with Crippen molar-refractivity contribution < 1.29 is 14.4 Å². The van der Waals surface area contributed by atoms with Gasteiger partial charge >= 0.3 is 5.97 Å². The van der Waals surface area contributed by atoms with Gasteiger partial charge in [-0.25, -0.2) is 4.79 Å². The summed E-state index contributed by atoms with van der Waals surface area (Å²) in [5.74, 6) is -0.999. The van der Waals surface area contributed by atoms with Gasteiger partial charge in [-0.3, -0.25) is 0 Å². The van der Waals surface area contributed by atoms with Crippen molar-refractivity contribution in [1.29, 1.82) is 0 Å². The van der Waals surface area contributed by atoms with E-state index in [4.69, 9.17) is 5.11 Å². The van der Waals surface area contributed by atoms with E-state index < -0.39 is 5.97 Å². The molecule has 0 radical (unpaired) electrons. The van der Waals surface area contributed by atoms with Crippen LogP contribution < -0.4 is 0 Å². The van der Waals surface area contributed by atoms with E-state index in [-0.39, 0.29) is 5.57 Å². The van der Waals surface area contributed by atoms with E-state index in [1.165, 1.54) is 18.4 Å². The molecule has 0 aliphatic heterocycles. The second-order valence-electron chi connectivity index (χ2n) is 1.89. The Morgan fingerprint density at radius 2 is 2.55 bits per heavy atom. The number of rotatable bonds is 2. The van der Waals surface area contributed by atoms with Crippen LogP contribution in [0.3, 0.4) is 0 Å². The molecule has 1 rings (SSSR count). The van der Waals surface area contributed by atoms with Crippen molar-refractivity contribution in [2.75, 3.05) is 0 Å². The second-order valence-corrected chi connectivity index (χ2v) is 1.89. The fourth-order valence-corrected chi connectivity index (χ4v) is 0.732. The maximum absolute atomic E-state index is 10.5. The number of allylic oxidation sites excluding steroid dienone is 1. The predicted molar refractivity (Wildman–Crippen MR) is 37.8 cm³/mol. The Bertz CT molecular complexity index is 274. The standard InChI is InChI=1S/C7H7NO3/c1-2-5(7(9)10)6-3-4-11-8-6/h2-4H,1H3,(H,9,10)/b5-2-. The van der Waals surface area contributed by atoms with Gasteiger partial charge in [0.05, 0.1) is 5.57 Å². The predicted octanol–water partition coefficient (Wildman–Crippen LogP) is 1.16. The lowest BCUT2D eigenvalue weighted by atomic mass is 10.2. The molecule has 0 aliphatic rings. The number of hydrogen-bond acceptors (Lipinski definition) is 3. The molecule has 0 unspecified atom stereocenters. The van der Waals surface area contributed by atoms with Crippen molar-refractivity contribution in [3.05, 3.63) is 24.1 Å². The lowest BCUT2D eigenvalue weighted by Gasteiger charge is -1.92. The average Bonchev–Trinajstić information content (AvgIpc) is 2.40. The average molecular weight is 153 g/mol. The summed E-state index contributed by atoms with van der Waals surface area (Å²) in [5.41, 5.74) is 0.499. The Balaban J connectivity index is 2.99. The minimum absolute atomic E-state index is 0.152. The van der Waals surface area contributed by atoms with Gasteiger partial charge in [0.15, 0.2) is 0 Å². The first-order valence-electron chi connectivity index (χ1n) is 3.06. The molecule has 0 aromatic carbocycles. The second kappa shape index (κ2) is 3.01. The van der Waals surface area contributed by atoms with Gasteiger partial charge in [0, 0.05) is 6.07 Å². The summed E-state index contributed by atoms with van der Waals surface area (Å²) in [7, 11) is 0. The Morgan fingerprint density at radius 3 is 2.91 bits per heavy atom. The lowest BCUT2D eigenvalue weighted by molar-refractivity contribution is -0.130. The highest BCUT2D eigenvalue weighted by Crippen LogP contribution is 2.10. The lowest BCUT2D eigenvalue weighted by Crippen LogP contribution is -1.98. The highest BCUT2D eigenvalue weighted by Gasteiger charge is 2.10. The summed E-state index contributed by atoms with van der Waals surface area (Å²) in [6, 6.07) is 1.50. The van der Waals surface area contributed by atoms with Crippen LogP contribution in [0.4, 0.5) is 0 Å². The molecule has 0 atom stereocenters. The van der Waals surface area contributed by atoms with E-state index in [0.29, 0.717) is 5.69 Å². The van der Waals surface area contributed by atoms with Crippen LogP contribution in [-0.4, -0.2) is 16.2 Å². The zero-order valence-electron chi connectivity index (χ0n) is 5.94. The van der Waals surface area contributed by atoms with Crippen LogP contribution in [0.5, 0.6) is 0 Å². The van der Waals surface area contributed by atoms with Crippen LogP contribution in [0.15, 0.2) is 22.9 Å². The Hall–Kier alpha value is -1.58. The maximum atomic E-state index is 10.5. The molecule has 11 heavy (non-hydrogen) atoms. The van der Waals surface area contributed by atoms with E-state index in [0.717, 1.165) is 0 Å². The van der Waals surface area contributed by atoms with Crippen LogP contribution in [0, 0.1) is 0 Å². The highest BCUT2D eigenvalue weighted by molar-refractivity contribution is 6.14. The molecule has 1 aromatic rings. The summed E-state index contributed by atoms with van der Waals surface area (Å²) in [6.07, 6.45) is 2.81. The van der Waals surface area contributed by atoms with Gasteiger partial charge in [0.25, 0.3) is 0 Å². The normalized spacial score (nSPS) is 11.5. The van der Waals surface area contributed by atoms with Crippen LogP contribution >= 0.6 is 0 Å². The van der Waals surface area contributed by atoms with Gasteiger partial charge in [0.1, 0.15) is 12.0 Å². The smallest absolute Gasteiger partial charge is 0.337 e. The van der Waals surface area contributed by atoms with Gasteiger partial charge in [-0.05, 0) is 6.92 Å². The molecule has 4 nitrogen and oxygen atoms in total. The van der Waals surface area contributed by atoms with Crippen molar-refractivity contribution in [1.82, 2.24) is 5.16 Å². The summed E-state index contributed by atoms with van der Waals surface area (Å²) >= 11 is 0. The van der Waals surface area contributed by atoms with Crippen molar-refractivity contribution >= 4 is 11.5 Å². The topological polar surface area (TPSA) is 63.3 Å². The Morgan fingerprint density at radius 1 is 1.82 bits per heavy atom. The Labute approximate surface area is 63.1 Å². The first-order chi connectivity index (χ1) is 5.25. The van der Waals surface area contributed by atoms with E-state index >= 15 is 0 Å². The van der Waals surface area contributed by atoms with Crippen LogP contribution in [0.1, 0.15) is 12.6 Å². The van der Waals surface area contributed by atoms with E-state index in [1.54, 1.807) is 6.92 Å². The van der Waals surface area contributed by atoms with Gasteiger partial charge in [-0.15, -0.1) is 0 Å². The molecular formula is C7H7NO3. The third-order valence-corrected chi connectivity index (χ3v) is 1.23. The minimum Gasteiger partial charge on any atom is -0.478 e. The maximum Gasteiger partial charge on any atom is 0.337 e. The van der Waals surface area contributed by atoms with Gasteiger partial charge in [-0.1, -0.05) is 11.2 Å². The van der Waals surface area contributed by atoms with Crippen molar-refractivity contribution in [2.45, 2.75) is 6.92 Å². The van der Waals surface area contributed by atoms with E-state index in [1.807, 2.05) is 0 Å². The minimum atomic E-state index is -0.999. The number of carboxylic acid groups (broad SMARTS) is 1. The summed E-state index contributed by atoms with van der Waals surface area (Å²) in [6.45, 7) is 1.64. The molecule has 4 heteroatoms. The monoisotopic (exact) mass is 153 g/mol. The molecular weight excluding hydrogens is 146 g/mol. The molecule has 1 aromatic heterocycles. The van der Waals surface area contributed by atoms with Crippen molar-refractivity contribution in [3.63, 3.8) is 0 Å². The fraction of sp³-hybridized carbons (Fsp3) is 0.143. The number of aromatic nitrogens is 1. The van der Waals surface area contributed by atoms with Crippen molar-refractivity contribution in [3.8, 4) is 0 Å². The van der Waals surface area contributed by atoms with E-state index in [2.05, 4.69) is 9.68 Å². The molecule has 0 aliphatic carbocycles. The Kier molecular flexibility index (Phi) is 2.06. The summed E-state index contributed by atoms with van der Waals surface area (Å²) in [4.78, 5) is 10.5. The number of aliphatic carboxylic acids is 1. The summed E-state index contributed by atoms with van der Waals surface area (Å²) in [5, 5.41) is 12.1. The first kappa shape index (κ1) is 7.53. The van der Waals surface area contributed by atoms with Crippen molar-refractivity contribution in [2.24, 2.45) is 0 Å². The molecule has 0 spiro atoms. The van der Waals surface area contributed by atoms with Gasteiger partial charge in [0.2, 0.25) is 0 Å². The molecule has 0 saturated carbocycles.